The van der Waals surface area contributed by atoms with E-state index in [0.29, 0.717) is 32.7 Å². The van der Waals surface area contributed by atoms with Gasteiger partial charge in [-0.15, -0.1) is 11.3 Å². The number of carbonyl (C=O) groups is 2. The second-order valence-corrected chi connectivity index (χ2v) is 8.58. The lowest BCUT2D eigenvalue weighted by Crippen LogP contribution is -2.50. The van der Waals surface area contributed by atoms with Gasteiger partial charge in [0.05, 0.1) is 16.8 Å². The smallest absolute Gasteiger partial charge is 0.246 e. The maximum absolute atomic E-state index is 12.5. The Labute approximate surface area is 186 Å². The van der Waals surface area contributed by atoms with E-state index in [9.17, 15) is 9.59 Å². The minimum Gasteiger partial charge on any atom is -0.337 e. The fraction of sp³-hybridized carbons (Fsp3) is 0.292. The lowest BCUT2D eigenvalue weighted by molar-refractivity contribution is -0.127. The van der Waals surface area contributed by atoms with Gasteiger partial charge >= 0.3 is 0 Å². The van der Waals surface area contributed by atoms with E-state index in [0.717, 1.165) is 32.9 Å². The number of fused-ring (bicyclic) bond motifs is 1. The zero-order valence-electron chi connectivity index (χ0n) is 17.6. The van der Waals surface area contributed by atoms with Gasteiger partial charge in [0.1, 0.15) is 5.01 Å². The summed E-state index contributed by atoms with van der Waals surface area (Å²) in [6.45, 7) is 5.00. The van der Waals surface area contributed by atoms with Crippen LogP contribution in [-0.4, -0.2) is 59.3 Å². The molecule has 1 aliphatic rings. The quantitative estimate of drug-likeness (QED) is 0.602. The van der Waals surface area contributed by atoms with Crippen LogP contribution in [0.4, 0.5) is 5.69 Å². The van der Waals surface area contributed by atoms with Crippen molar-refractivity contribution in [1.29, 1.82) is 0 Å². The summed E-state index contributed by atoms with van der Waals surface area (Å²) in [6.07, 6.45) is 4.27. The van der Waals surface area contributed by atoms with E-state index in [1.807, 2.05) is 53.4 Å². The number of rotatable bonds is 6. The van der Waals surface area contributed by atoms with E-state index in [1.165, 1.54) is 0 Å². The first-order valence-electron chi connectivity index (χ1n) is 10.5. The van der Waals surface area contributed by atoms with Crippen LogP contribution in [0, 0.1) is 0 Å². The number of nitrogens with zero attached hydrogens (tertiary/aromatic N) is 3. The number of aryl methyl sites for hydroxylation is 1. The van der Waals surface area contributed by atoms with Crippen LogP contribution < -0.4 is 5.32 Å². The topological polar surface area (TPSA) is 65.5 Å². The molecule has 1 fully saturated rings. The van der Waals surface area contributed by atoms with Gasteiger partial charge in [0.25, 0.3) is 0 Å². The largest absolute Gasteiger partial charge is 0.337 e. The molecule has 2 aromatic carbocycles. The van der Waals surface area contributed by atoms with Crippen LogP contribution in [0.1, 0.15) is 17.5 Å². The van der Waals surface area contributed by atoms with Crippen molar-refractivity contribution in [3.63, 3.8) is 0 Å². The van der Waals surface area contributed by atoms with Gasteiger partial charge in [-0.25, -0.2) is 4.98 Å². The Morgan fingerprint density at radius 2 is 1.81 bits per heavy atom. The first-order chi connectivity index (χ1) is 15.1. The summed E-state index contributed by atoms with van der Waals surface area (Å²) >= 11 is 1.57. The van der Waals surface area contributed by atoms with E-state index in [1.54, 1.807) is 23.5 Å². The number of carbonyl (C=O) groups excluding carboxylic acids is 2. The third kappa shape index (κ3) is 5.37. The lowest BCUT2D eigenvalue weighted by Gasteiger charge is -2.33. The van der Waals surface area contributed by atoms with Crippen molar-refractivity contribution in [2.45, 2.75) is 13.3 Å². The Morgan fingerprint density at radius 1 is 1.06 bits per heavy atom. The van der Waals surface area contributed by atoms with Crippen molar-refractivity contribution >= 4 is 45.1 Å². The second-order valence-electron chi connectivity index (χ2n) is 7.51. The number of benzene rings is 2. The molecule has 0 radical (unpaired) electrons. The number of hydrogen-bond acceptors (Lipinski definition) is 5. The van der Waals surface area contributed by atoms with E-state index >= 15 is 0 Å². The van der Waals surface area contributed by atoms with Crippen molar-refractivity contribution in [3.8, 4) is 0 Å². The third-order valence-electron chi connectivity index (χ3n) is 5.40. The number of nitrogens with one attached hydrogen (secondary N) is 1. The van der Waals surface area contributed by atoms with E-state index in [2.05, 4.69) is 22.1 Å². The highest BCUT2D eigenvalue weighted by atomic mass is 32.1. The second kappa shape index (κ2) is 9.85. The fourth-order valence-corrected chi connectivity index (χ4v) is 4.55. The molecule has 0 unspecified atom stereocenters. The molecule has 1 aromatic heterocycles. The molecule has 160 valence electrons. The molecule has 7 heteroatoms. The SMILES string of the molecule is CCc1ccccc1NC(=O)CN1CCN(C(=O)/C=C/c2nc3ccccc3s2)CC1. The van der Waals surface area contributed by atoms with Gasteiger partial charge in [-0.05, 0) is 36.3 Å². The zero-order chi connectivity index (χ0) is 21.6. The highest BCUT2D eigenvalue weighted by molar-refractivity contribution is 7.19. The summed E-state index contributed by atoms with van der Waals surface area (Å²) in [5.41, 5.74) is 2.96. The van der Waals surface area contributed by atoms with Crippen LogP contribution in [0.2, 0.25) is 0 Å². The molecule has 2 heterocycles. The average molecular weight is 435 g/mol. The normalized spacial score (nSPS) is 14.9. The van der Waals surface area contributed by atoms with E-state index < -0.39 is 0 Å². The number of para-hydroxylation sites is 2. The average Bonchev–Trinajstić information content (AvgIpc) is 3.21. The van der Waals surface area contributed by atoms with Crippen LogP contribution in [0.15, 0.2) is 54.6 Å². The molecule has 0 aliphatic carbocycles. The molecule has 0 saturated carbocycles. The van der Waals surface area contributed by atoms with Crippen molar-refractivity contribution in [3.05, 3.63) is 65.2 Å². The summed E-state index contributed by atoms with van der Waals surface area (Å²) in [5, 5.41) is 3.84. The highest BCUT2D eigenvalue weighted by Gasteiger charge is 2.21. The Hall–Kier alpha value is -3.03. The molecule has 6 nitrogen and oxygen atoms in total. The lowest BCUT2D eigenvalue weighted by atomic mass is 10.1. The molecule has 4 rings (SSSR count). The number of piperazine rings is 1. The predicted octanol–water partition coefficient (Wildman–Crippen LogP) is 3.65. The summed E-state index contributed by atoms with van der Waals surface area (Å²) in [6, 6.07) is 15.8. The van der Waals surface area contributed by atoms with E-state index in [4.69, 9.17) is 0 Å². The van der Waals surface area contributed by atoms with Crippen LogP contribution >= 0.6 is 11.3 Å². The number of thiazole rings is 1. The van der Waals surface area contributed by atoms with Gasteiger partial charge in [0, 0.05) is 37.9 Å². The first-order valence-corrected chi connectivity index (χ1v) is 11.4. The third-order valence-corrected chi connectivity index (χ3v) is 6.40. The van der Waals surface area contributed by atoms with Crippen LogP contribution in [0.5, 0.6) is 0 Å². The molecular formula is C24H26N4O2S. The van der Waals surface area contributed by atoms with E-state index in [-0.39, 0.29) is 11.8 Å². The summed E-state index contributed by atoms with van der Waals surface area (Å²) in [5.74, 6) is -0.0309. The van der Waals surface area contributed by atoms with Crippen molar-refractivity contribution < 1.29 is 9.59 Å². The molecule has 0 atom stereocenters. The van der Waals surface area contributed by atoms with Gasteiger partial charge in [-0.1, -0.05) is 37.3 Å². The molecule has 0 bridgehead atoms. The summed E-state index contributed by atoms with van der Waals surface area (Å²) < 4.78 is 1.11. The van der Waals surface area contributed by atoms with Crippen LogP contribution in [-0.2, 0) is 16.0 Å². The predicted molar refractivity (Wildman–Crippen MR) is 126 cm³/mol. The Morgan fingerprint density at radius 3 is 2.58 bits per heavy atom. The number of anilines is 1. The minimum atomic E-state index is -0.0172. The van der Waals surface area contributed by atoms with Gasteiger partial charge < -0.3 is 10.2 Å². The fourth-order valence-electron chi connectivity index (χ4n) is 3.68. The molecule has 1 N–H and O–H groups in total. The van der Waals surface area contributed by atoms with Crippen molar-refractivity contribution in [2.75, 3.05) is 38.0 Å². The van der Waals surface area contributed by atoms with Crippen molar-refractivity contribution in [1.82, 2.24) is 14.8 Å². The summed E-state index contributed by atoms with van der Waals surface area (Å²) in [4.78, 5) is 33.4. The standard InChI is InChI=1S/C24H26N4O2S/c1-2-18-7-3-4-8-19(18)25-22(29)17-27-13-15-28(16-14-27)24(30)12-11-23-26-20-9-5-6-10-21(20)31-23/h3-12H,2,13-17H2,1H3,(H,25,29)/b12-11+. The van der Waals surface area contributed by atoms with Crippen LogP contribution in [0.3, 0.4) is 0 Å². The molecule has 31 heavy (non-hydrogen) atoms. The Bertz CT molecular complexity index is 1070. The highest BCUT2D eigenvalue weighted by Crippen LogP contribution is 2.22. The first kappa shape index (κ1) is 21.2. The van der Waals surface area contributed by atoms with Gasteiger partial charge in [-0.2, -0.15) is 0 Å². The van der Waals surface area contributed by atoms with Gasteiger partial charge in [-0.3, -0.25) is 14.5 Å². The Balaban J connectivity index is 1.26. The molecule has 0 spiro atoms. The maximum atomic E-state index is 12.5. The van der Waals surface area contributed by atoms with Gasteiger partial charge in [0.2, 0.25) is 11.8 Å². The molecule has 3 aromatic rings. The summed E-state index contributed by atoms with van der Waals surface area (Å²) in [7, 11) is 0. The molecule has 1 aliphatic heterocycles. The maximum Gasteiger partial charge on any atom is 0.246 e. The monoisotopic (exact) mass is 434 g/mol. The zero-order valence-corrected chi connectivity index (χ0v) is 18.4. The van der Waals surface area contributed by atoms with Crippen LogP contribution in [0.25, 0.3) is 16.3 Å². The molecule has 2 amide bonds. The number of hydrogen-bond donors (Lipinski definition) is 1. The van der Waals surface area contributed by atoms with Gasteiger partial charge in [0.15, 0.2) is 0 Å². The molecule has 1 saturated heterocycles. The number of aromatic nitrogens is 1. The Kier molecular flexibility index (Phi) is 6.74. The molecular weight excluding hydrogens is 408 g/mol. The minimum absolute atomic E-state index is 0.0137. The number of amides is 2. The van der Waals surface area contributed by atoms with Crippen molar-refractivity contribution in [2.24, 2.45) is 0 Å².